The summed E-state index contributed by atoms with van der Waals surface area (Å²) in [6.07, 6.45) is 5.49. The van der Waals surface area contributed by atoms with Crippen LogP contribution in [-0.4, -0.2) is 29.1 Å². The van der Waals surface area contributed by atoms with Gasteiger partial charge in [0.15, 0.2) is 0 Å². The fraction of sp³-hybridized carbons (Fsp3) is 0.417. The lowest BCUT2D eigenvalue weighted by Crippen LogP contribution is -2.38. The first-order valence-electron chi connectivity index (χ1n) is 10.6. The predicted octanol–water partition coefficient (Wildman–Crippen LogP) is 5.45. The molecule has 5 rings (SSSR count). The number of alkyl carbamates (subject to hydrolysis) is 1. The minimum absolute atomic E-state index is 0.0428. The van der Waals surface area contributed by atoms with Crippen molar-refractivity contribution < 1.29 is 22.7 Å². The van der Waals surface area contributed by atoms with Crippen molar-refractivity contribution >= 4 is 12.2 Å². The first kappa shape index (κ1) is 20.1. The Morgan fingerprint density at radius 2 is 2.00 bits per heavy atom. The van der Waals surface area contributed by atoms with Gasteiger partial charge in [0, 0.05) is 36.1 Å². The number of nitrogens with one attached hydrogen (secondary N) is 1. The van der Waals surface area contributed by atoms with Crippen LogP contribution in [0.2, 0.25) is 0 Å². The fourth-order valence-corrected chi connectivity index (χ4v) is 5.57. The quantitative estimate of drug-likeness (QED) is 0.707. The van der Waals surface area contributed by atoms with Gasteiger partial charge in [0.05, 0.1) is 12.2 Å². The topological polar surface area (TPSA) is 51.2 Å². The Bertz CT molecular complexity index is 1020. The number of ether oxygens (including phenoxy) is 1. The molecule has 2 aromatic rings. The summed E-state index contributed by atoms with van der Waals surface area (Å²) in [7, 11) is 0. The summed E-state index contributed by atoms with van der Waals surface area (Å²) in [6, 6.07) is 10.1. The zero-order chi connectivity index (χ0) is 21.6. The van der Waals surface area contributed by atoms with Gasteiger partial charge in [-0.15, -0.1) is 0 Å². The van der Waals surface area contributed by atoms with Crippen molar-refractivity contribution in [3.63, 3.8) is 0 Å². The number of carbonyl (C=O) groups is 1. The van der Waals surface area contributed by atoms with Gasteiger partial charge in [0.2, 0.25) is 5.92 Å². The molecule has 1 saturated heterocycles. The molecule has 1 spiro atoms. The maximum absolute atomic E-state index is 14.0. The first-order chi connectivity index (χ1) is 14.9. The summed E-state index contributed by atoms with van der Waals surface area (Å²) >= 11 is 0. The van der Waals surface area contributed by atoms with E-state index in [1.807, 2.05) is 12.2 Å². The maximum Gasteiger partial charge on any atom is 0.407 e. The summed E-state index contributed by atoms with van der Waals surface area (Å²) in [5, 5.41) is 2.71. The molecule has 31 heavy (non-hydrogen) atoms. The highest BCUT2D eigenvalue weighted by molar-refractivity contribution is 5.70. The van der Waals surface area contributed by atoms with Crippen molar-refractivity contribution in [1.29, 1.82) is 0 Å². The van der Waals surface area contributed by atoms with Crippen LogP contribution in [0.5, 0.6) is 0 Å². The van der Waals surface area contributed by atoms with E-state index in [2.05, 4.69) is 10.3 Å². The Hall–Kier alpha value is -2.83. The number of halogens is 3. The third-order valence-corrected chi connectivity index (χ3v) is 6.96. The Morgan fingerprint density at radius 3 is 2.71 bits per heavy atom. The Morgan fingerprint density at radius 1 is 1.16 bits per heavy atom. The molecule has 1 aliphatic heterocycles. The van der Waals surface area contributed by atoms with E-state index in [-0.39, 0.29) is 36.4 Å². The van der Waals surface area contributed by atoms with Crippen molar-refractivity contribution in [1.82, 2.24) is 10.3 Å². The van der Waals surface area contributed by atoms with Crippen molar-refractivity contribution in [3.05, 3.63) is 60.2 Å². The van der Waals surface area contributed by atoms with Crippen molar-refractivity contribution in [3.8, 4) is 11.1 Å². The first-order valence-corrected chi connectivity index (χ1v) is 10.6. The van der Waals surface area contributed by atoms with Gasteiger partial charge in [-0.1, -0.05) is 30.3 Å². The molecule has 3 aliphatic rings. The minimum atomic E-state index is -2.65. The summed E-state index contributed by atoms with van der Waals surface area (Å²) < 4.78 is 47.7. The van der Waals surface area contributed by atoms with Gasteiger partial charge in [-0.25, -0.2) is 18.0 Å². The SMILES string of the molecule is O=C1NCC2(C[C@H]3CC(F)(F)CC[C@H]3[C@@H]2C=Cc2ccc(-c3ccccc3F)cn2)O1. The number of fused-ring (bicyclic) bond motifs is 1. The third-order valence-electron chi connectivity index (χ3n) is 6.96. The molecule has 2 aliphatic carbocycles. The Labute approximate surface area is 178 Å². The molecule has 162 valence electrons. The molecule has 0 bridgehead atoms. The van der Waals surface area contributed by atoms with Crippen LogP contribution in [0.1, 0.15) is 31.4 Å². The highest BCUT2D eigenvalue weighted by Gasteiger charge is 2.60. The van der Waals surface area contributed by atoms with Crippen LogP contribution in [0.3, 0.4) is 0 Å². The number of carbonyl (C=O) groups excluding carboxylic acids is 1. The lowest BCUT2D eigenvalue weighted by Gasteiger charge is -2.34. The van der Waals surface area contributed by atoms with E-state index < -0.39 is 17.6 Å². The molecule has 1 aromatic carbocycles. The van der Waals surface area contributed by atoms with Gasteiger partial charge in [-0.2, -0.15) is 0 Å². The second-order valence-electron chi connectivity index (χ2n) is 8.87. The lowest BCUT2D eigenvalue weighted by molar-refractivity contribution is -0.0659. The summed E-state index contributed by atoms with van der Waals surface area (Å²) in [5.74, 6) is -3.25. The molecule has 2 heterocycles. The average Bonchev–Trinajstić information content (AvgIpc) is 3.24. The van der Waals surface area contributed by atoms with Crippen molar-refractivity contribution in [2.24, 2.45) is 17.8 Å². The van der Waals surface area contributed by atoms with E-state index in [1.54, 1.807) is 36.5 Å². The van der Waals surface area contributed by atoms with Gasteiger partial charge < -0.3 is 10.1 Å². The van der Waals surface area contributed by atoms with Gasteiger partial charge in [-0.3, -0.25) is 4.98 Å². The van der Waals surface area contributed by atoms with Crippen LogP contribution < -0.4 is 5.32 Å². The number of hydrogen-bond donors (Lipinski definition) is 1. The molecule has 1 amide bonds. The van der Waals surface area contributed by atoms with Crippen LogP contribution >= 0.6 is 0 Å². The number of nitrogens with zero attached hydrogens (tertiary/aromatic N) is 1. The van der Waals surface area contributed by atoms with E-state index in [9.17, 15) is 18.0 Å². The van der Waals surface area contributed by atoms with Gasteiger partial charge >= 0.3 is 6.09 Å². The second kappa shape index (κ2) is 7.39. The lowest BCUT2D eigenvalue weighted by atomic mass is 9.75. The summed E-state index contributed by atoms with van der Waals surface area (Å²) in [5.41, 5.74) is 1.06. The molecule has 1 unspecified atom stereocenters. The molecule has 1 N–H and O–H groups in total. The summed E-state index contributed by atoms with van der Waals surface area (Å²) in [6.45, 7) is 0.332. The number of benzene rings is 1. The van der Waals surface area contributed by atoms with Crippen LogP contribution in [0.4, 0.5) is 18.0 Å². The standard InChI is InChI=1S/C24H23F3N2O2/c25-21-4-2-1-3-19(21)15-5-6-17(28-13-15)7-8-20-18-9-10-24(26,27)12-16(18)11-23(20)14-29-22(30)31-23/h1-8,13,16,18,20H,9-12,14H2,(H,29,30)/t16-,18+,20-,23?/m0/s1. The van der Waals surface area contributed by atoms with Gasteiger partial charge in [-0.05, 0) is 42.9 Å². The Kier molecular flexibility index (Phi) is 4.79. The van der Waals surface area contributed by atoms with E-state index in [0.29, 0.717) is 36.2 Å². The van der Waals surface area contributed by atoms with E-state index >= 15 is 0 Å². The molecule has 4 atom stereocenters. The normalized spacial score (nSPS) is 31.6. The highest BCUT2D eigenvalue weighted by atomic mass is 19.3. The van der Waals surface area contributed by atoms with E-state index in [1.165, 1.54) is 6.07 Å². The Balaban J connectivity index is 1.39. The van der Waals surface area contributed by atoms with Crippen LogP contribution in [-0.2, 0) is 4.74 Å². The smallest absolute Gasteiger partial charge is 0.407 e. The number of hydrogen-bond acceptors (Lipinski definition) is 3. The molecule has 4 nitrogen and oxygen atoms in total. The number of rotatable bonds is 3. The number of pyridine rings is 1. The molecule has 2 saturated carbocycles. The number of aromatic nitrogens is 1. The fourth-order valence-electron chi connectivity index (χ4n) is 5.57. The highest BCUT2D eigenvalue weighted by Crippen LogP contribution is 2.56. The minimum Gasteiger partial charge on any atom is -0.440 e. The molecule has 1 aromatic heterocycles. The van der Waals surface area contributed by atoms with Crippen molar-refractivity contribution in [2.75, 3.05) is 6.54 Å². The molecular formula is C24H23F3N2O2. The largest absolute Gasteiger partial charge is 0.440 e. The van der Waals surface area contributed by atoms with Crippen LogP contribution in [0, 0.1) is 23.6 Å². The molecule has 0 radical (unpaired) electrons. The summed E-state index contributed by atoms with van der Waals surface area (Å²) in [4.78, 5) is 16.2. The van der Waals surface area contributed by atoms with Crippen LogP contribution in [0.15, 0.2) is 48.7 Å². The molecular weight excluding hydrogens is 405 g/mol. The molecule has 3 fully saturated rings. The zero-order valence-corrected chi connectivity index (χ0v) is 16.9. The van der Waals surface area contributed by atoms with E-state index in [0.717, 1.165) is 0 Å². The van der Waals surface area contributed by atoms with Gasteiger partial charge in [0.1, 0.15) is 11.4 Å². The zero-order valence-electron chi connectivity index (χ0n) is 16.9. The maximum atomic E-state index is 14.0. The number of alkyl halides is 2. The average molecular weight is 428 g/mol. The second-order valence-corrected chi connectivity index (χ2v) is 8.87. The molecule has 7 heteroatoms. The predicted molar refractivity (Wildman–Crippen MR) is 110 cm³/mol. The van der Waals surface area contributed by atoms with Crippen molar-refractivity contribution in [2.45, 2.75) is 37.2 Å². The third kappa shape index (κ3) is 3.70. The number of amides is 1. The van der Waals surface area contributed by atoms with Crippen LogP contribution in [0.25, 0.3) is 17.2 Å². The monoisotopic (exact) mass is 428 g/mol. The van der Waals surface area contributed by atoms with Gasteiger partial charge in [0.25, 0.3) is 0 Å². The van der Waals surface area contributed by atoms with E-state index in [4.69, 9.17) is 4.74 Å².